The van der Waals surface area contributed by atoms with Crippen LogP contribution in [0.1, 0.15) is 28.8 Å². The zero-order valence-corrected chi connectivity index (χ0v) is 13.7. The van der Waals surface area contributed by atoms with Crippen molar-refractivity contribution in [1.29, 1.82) is 0 Å². The minimum absolute atomic E-state index is 0.101. The molecule has 1 aromatic heterocycles. The number of carbonyl (C=O) groups excluding carboxylic acids is 2. The van der Waals surface area contributed by atoms with Gasteiger partial charge in [-0.1, -0.05) is 0 Å². The largest absolute Gasteiger partial charge is 0.494 e. The van der Waals surface area contributed by atoms with Crippen LogP contribution >= 0.6 is 0 Å². The smallest absolute Gasteiger partial charge is 0.251 e. The van der Waals surface area contributed by atoms with Gasteiger partial charge in [0.15, 0.2) is 0 Å². The Kier molecular flexibility index (Phi) is 6.24. The van der Waals surface area contributed by atoms with Crippen LogP contribution in [0.3, 0.4) is 0 Å². The normalized spacial score (nSPS) is 10.1. The van der Waals surface area contributed by atoms with E-state index >= 15 is 0 Å². The van der Waals surface area contributed by atoms with E-state index in [9.17, 15) is 9.59 Å². The highest BCUT2D eigenvalue weighted by atomic mass is 16.5. The van der Waals surface area contributed by atoms with Crippen LogP contribution < -0.4 is 15.4 Å². The van der Waals surface area contributed by atoms with Gasteiger partial charge in [-0.2, -0.15) is 0 Å². The summed E-state index contributed by atoms with van der Waals surface area (Å²) in [5.74, 6) is 0.745. The van der Waals surface area contributed by atoms with Gasteiger partial charge in [0, 0.05) is 11.8 Å². The Bertz CT molecular complexity index is 701. The molecule has 0 radical (unpaired) electrons. The van der Waals surface area contributed by atoms with Gasteiger partial charge in [-0.25, -0.2) is 9.97 Å². The molecule has 126 valence electrons. The van der Waals surface area contributed by atoms with Gasteiger partial charge in [-0.15, -0.1) is 0 Å². The lowest BCUT2D eigenvalue weighted by atomic mass is 10.2. The standard InChI is InChI=1S/C17H20N4O3/c1-3-24-15-6-4-13(5-7-15)17(23)20-11-16(22)19-10-14-8-9-18-12(2)21-14/h4-9H,3,10-11H2,1-2H3,(H,19,22)(H,20,23). The average Bonchev–Trinajstić information content (AvgIpc) is 2.59. The first kappa shape index (κ1) is 17.4. The van der Waals surface area contributed by atoms with Gasteiger partial charge in [0.05, 0.1) is 25.4 Å². The summed E-state index contributed by atoms with van der Waals surface area (Å²) in [7, 11) is 0. The van der Waals surface area contributed by atoms with Crippen molar-refractivity contribution in [3.05, 3.63) is 53.6 Å². The predicted octanol–water partition coefficient (Wildman–Crippen LogP) is 1.23. The number of ether oxygens (including phenoxy) is 1. The van der Waals surface area contributed by atoms with Crippen molar-refractivity contribution in [2.45, 2.75) is 20.4 Å². The summed E-state index contributed by atoms with van der Waals surface area (Å²) in [6.45, 7) is 4.43. The Hall–Kier alpha value is -2.96. The van der Waals surface area contributed by atoms with E-state index in [1.807, 2.05) is 6.92 Å². The van der Waals surface area contributed by atoms with E-state index in [4.69, 9.17) is 4.74 Å². The van der Waals surface area contributed by atoms with Crippen LogP contribution in [0.4, 0.5) is 0 Å². The molecule has 0 unspecified atom stereocenters. The summed E-state index contributed by atoms with van der Waals surface area (Å²) in [4.78, 5) is 31.9. The molecule has 0 saturated heterocycles. The zero-order chi connectivity index (χ0) is 17.4. The first-order chi connectivity index (χ1) is 11.6. The Morgan fingerprint density at radius 2 is 1.88 bits per heavy atom. The number of benzene rings is 1. The van der Waals surface area contributed by atoms with E-state index in [1.165, 1.54) is 0 Å². The second-order valence-corrected chi connectivity index (χ2v) is 5.01. The molecule has 0 fully saturated rings. The fourth-order valence-electron chi connectivity index (χ4n) is 1.99. The van der Waals surface area contributed by atoms with Crippen molar-refractivity contribution >= 4 is 11.8 Å². The van der Waals surface area contributed by atoms with Gasteiger partial charge >= 0.3 is 0 Å². The quantitative estimate of drug-likeness (QED) is 0.797. The maximum absolute atomic E-state index is 12.0. The molecule has 0 saturated carbocycles. The Balaban J connectivity index is 1.77. The van der Waals surface area contributed by atoms with Gasteiger partial charge in [-0.3, -0.25) is 9.59 Å². The third-order valence-corrected chi connectivity index (χ3v) is 3.14. The summed E-state index contributed by atoms with van der Waals surface area (Å²) >= 11 is 0. The number of hydrogen-bond acceptors (Lipinski definition) is 5. The van der Waals surface area contributed by atoms with Gasteiger partial charge < -0.3 is 15.4 Å². The maximum Gasteiger partial charge on any atom is 0.251 e. The predicted molar refractivity (Wildman–Crippen MR) is 88.6 cm³/mol. The Labute approximate surface area is 140 Å². The van der Waals surface area contributed by atoms with Crippen LogP contribution in [0.5, 0.6) is 5.75 Å². The number of rotatable bonds is 7. The van der Waals surface area contributed by atoms with Gasteiger partial charge in [0.1, 0.15) is 11.6 Å². The topological polar surface area (TPSA) is 93.2 Å². The second kappa shape index (κ2) is 8.61. The first-order valence-electron chi connectivity index (χ1n) is 7.64. The molecular weight excluding hydrogens is 308 g/mol. The number of hydrogen-bond donors (Lipinski definition) is 2. The molecule has 0 atom stereocenters. The van der Waals surface area contributed by atoms with Gasteiger partial charge in [0.2, 0.25) is 5.91 Å². The molecular formula is C17H20N4O3. The van der Waals surface area contributed by atoms with Crippen molar-refractivity contribution in [3.63, 3.8) is 0 Å². The van der Waals surface area contributed by atoms with E-state index in [1.54, 1.807) is 43.5 Å². The molecule has 1 aromatic carbocycles. The average molecular weight is 328 g/mol. The maximum atomic E-state index is 12.0. The lowest BCUT2D eigenvalue weighted by molar-refractivity contribution is -0.120. The van der Waals surface area contributed by atoms with Gasteiger partial charge in [0.25, 0.3) is 5.91 Å². The molecule has 7 heteroatoms. The number of carbonyl (C=O) groups is 2. The van der Waals surface area contributed by atoms with Crippen LogP contribution in [-0.4, -0.2) is 34.9 Å². The van der Waals surface area contributed by atoms with Crippen LogP contribution in [-0.2, 0) is 11.3 Å². The van der Waals surface area contributed by atoms with Crippen molar-refractivity contribution in [2.24, 2.45) is 0 Å². The SMILES string of the molecule is CCOc1ccc(C(=O)NCC(=O)NCc2ccnc(C)n2)cc1. The second-order valence-electron chi connectivity index (χ2n) is 5.01. The third kappa shape index (κ3) is 5.35. The van der Waals surface area contributed by atoms with E-state index in [2.05, 4.69) is 20.6 Å². The summed E-state index contributed by atoms with van der Waals surface area (Å²) in [6.07, 6.45) is 1.64. The molecule has 2 N–H and O–H groups in total. The monoisotopic (exact) mass is 328 g/mol. The van der Waals surface area contributed by atoms with Crippen LogP contribution in [0, 0.1) is 6.92 Å². The highest BCUT2D eigenvalue weighted by Gasteiger charge is 2.08. The van der Waals surface area contributed by atoms with E-state index in [0.29, 0.717) is 36.0 Å². The van der Waals surface area contributed by atoms with E-state index < -0.39 is 0 Å². The fourth-order valence-corrected chi connectivity index (χ4v) is 1.99. The zero-order valence-electron chi connectivity index (χ0n) is 13.7. The highest BCUT2D eigenvalue weighted by molar-refractivity contribution is 5.96. The lowest BCUT2D eigenvalue weighted by Gasteiger charge is -2.08. The molecule has 7 nitrogen and oxygen atoms in total. The molecule has 0 aliphatic heterocycles. The van der Waals surface area contributed by atoms with Crippen LogP contribution in [0.25, 0.3) is 0 Å². The number of nitrogens with one attached hydrogen (secondary N) is 2. The molecule has 0 spiro atoms. The Morgan fingerprint density at radius 1 is 1.12 bits per heavy atom. The van der Waals surface area contributed by atoms with Gasteiger partial charge in [-0.05, 0) is 44.2 Å². The van der Waals surface area contributed by atoms with Crippen molar-refractivity contribution in [2.75, 3.05) is 13.2 Å². The summed E-state index contributed by atoms with van der Waals surface area (Å²) in [5.41, 5.74) is 1.19. The fraction of sp³-hybridized carbons (Fsp3) is 0.294. The van der Waals surface area contributed by atoms with E-state index in [-0.39, 0.29) is 18.4 Å². The number of nitrogens with zero attached hydrogens (tertiary/aromatic N) is 2. The minimum Gasteiger partial charge on any atom is -0.494 e. The van der Waals surface area contributed by atoms with Crippen molar-refractivity contribution in [3.8, 4) is 5.75 Å². The van der Waals surface area contributed by atoms with Crippen molar-refractivity contribution in [1.82, 2.24) is 20.6 Å². The summed E-state index contributed by atoms with van der Waals surface area (Å²) < 4.78 is 5.31. The molecule has 2 rings (SSSR count). The Morgan fingerprint density at radius 3 is 2.54 bits per heavy atom. The first-order valence-corrected chi connectivity index (χ1v) is 7.64. The van der Waals surface area contributed by atoms with Crippen molar-refractivity contribution < 1.29 is 14.3 Å². The molecule has 0 aliphatic carbocycles. The molecule has 1 heterocycles. The lowest BCUT2D eigenvalue weighted by Crippen LogP contribution is -2.36. The number of aryl methyl sites for hydroxylation is 1. The summed E-state index contributed by atoms with van der Waals surface area (Å²) in [6, 6.07) is 8.47. The molecule has 0 aliphatic rings. The molecule has 24 heavy (non-hydrogen) atoms. The summed E-state index contributed by atoms with van der Waals surface area (Å²) in [5, 5.41) is 5.27. The molecule has 2 amide bonds. The van der Waals surface area contributed by atoms with Crippen LogP contribution in [0.15, 0.2) is 36.5 Å². The highest BCUT2D eigenvalue weighted by Crippen LogP contribution is 2.11. The number of aromatic nitrogens is 2. The van der Waals surface area contributed by atoms with Crippen LogP contribution in [0.2, 0.25) is 0 Å². The third-order valence-electron chi connectivity index (χ3n) is 3.14. The number of amides is 2. The molecule has 2 aromatic rings. The van der Waals surface area contributed by atoms with E-state index in [0.717, 1.165) is 0 Å². The minimum atomic E-state index is -0.314. The molecule has 0 bridgehead atoms.